The number of fused-ring (bicyclic) bond motifs is 7. The van der Waals surface area contributed by atoms with E-state index in [1.165, 1.54) is 37.9 Å². The van der Waals surface area contributed by atoms with E-state index in [9.17, 15) is 0 Å². The van der Waals surface area contributed by atoms with Crippen LogP contribution in [0.4, 0.5) is 0 Å². The van der Waals surface area contributed by atoms with Crippen LogP contribution in [-0.4, -0.2) is 16.7 Å². The normalized spacial score (nSPS) is 14.4. The van der Waals surface area contributed by atoms with Crippen molar-refractivity contribution >= 4 is 65.9 Å². The van der Waals surface area contributed by atoms with E-state index < -0.39 is 0 Å². The smallest absolute Gasteiger partial charge is 0.159 e. The third-order valence-corrected chi connectivity index (χ3v) is 10.8. The molecule has 5 heteroatoms. The molecule has 10 aromatic rings. The Morgan fingerprint density at radius 3 is 2.04 bits per heavy atom. The number of nitrogens with one attached hydrogen (secondary N) is 1. The molecule has 0 bridgehead atoms. The molecular formula is C50H32N4O. The summed E-state index contributed by atoms with van der Waals surface area (Å²) in [6.07, 6.45) is 3.31. The minimum Gasteiger partial charge on any atom is -0.454 e. The van der Waals surface area contributed by atoms with E-state index in [2.05, 4.69) is 162 Å². The Balaban J connectivity index is 1.01. The van der Waals surface area contributed by atoms with Gasteiger partial charge in [-0.3, -0.25) is 4.98 Å². The second-order valence-electron chi connectivity index (χ2n) is 14.1. The van der Waals surface area contributed by atoms with Crippen LogP contribution in [0.2, 0.25) is 0 Å². The van der Waals surface area contributed by atoms with Gasteiger partial charge in [0.15, 0.2) is 11.4 Å². The number of hydrogen-bond donors (Lipinski definition) is 1. The standard InChI is InChI=1S/C50H32N4O/c1-2-11-35(12-3-1)48-52-49(36-23-17-32(18-24-36)38-25-19-31-9-4-5-13-37(31)27-38)54-50(53-48)44-29-51-30-45-46(44)42-16-8-15-41(47(42)55-45)39-26-22-34-21-20-33-10-6-7-14-40(33)43(34)28-39/h1-30,49H,(H,52,53,54). The number of para-hydroxylation sites is 1. The number of amidine groups is 2. The maximum Gasteiger partial charge on any atom is 0.159 e. The lowest BCUT2D eigenvalue weighted by molar-refractivity contribution is 0.666. The fourth-order valence-electron chi connectivity index (χ4n) is 8.03. The van der Waals surface area contributed by atoms with Gasteiger partial charge in [0, 0.05) is 33.7 Å². The van der Waals surface area contributed by atoms with Crippen LogP contribution in [0.3, 0.4) is 0 Å². The van der Waals surface area contributed by atoms with E-state index in [1.807, 2.05) is 24.4 Å². The average molecular weight is 705 g/mol. The first-order chi connectivity index (χ1) is 27.2. The highest BCUT2D eigenvalue weighted by Gasteiger charge is 2.25. The van der Waals surface area contributed by atoms with Crippen molar-refractivity contribution in [3.63, 3.8) is 0 Å². The lowest BCUT2D eigenvalue weighted by Gasteiger charge is -2.24. The Morgan fingerprint density at radius 2 is 1.16 bits per heavy atom. The molecule has 1 aliphatic rings. The number of rotatable bonds is 5. The second-order valence-corrected chi connectivity index (χ2v) is 14.1. The van der Waals surface area contributed by atoms with Gasteiger partial charge in [-0.2, -0.15) is 0 Å². The molecule has 5 nitrogen and oxygen atoms in total. The first-order valence-electron chi connectivity index (χ1n) is 18.5. The second kappa shape index (κ2) is 12.6. The molecule has 2 aromatic heterocycles. The number of benzene rings is 8. The van der Waals surface area contributed by atoms with Crippen LogP contribution in [0.1, 0.15) is 22.9 Å². The molecule has 1 atom stereocenters. The van der Waals surface area contributed by atoms with E-state index >= 15 is 0 Å². The minimum absolute atomic E-state index is 0.371. The molecule has 0 spiro atoms. The van der Waals surface area contributed by atoms with E-state index in [0.717, 1.165) is 49.7 Å². The SMILES string of the molecule is c1ccc(C2=NC(c3ccc(-c4ccc5ccccc5c4)cc3)NC(c3cncc4oc5c(-c6ccc7ccc8ccccc8c7c6)cccc5c34)=N2)cc1. The molecule has 0 radical (unpaired) electrons. The summed E-state index contributed by atoms with van der Waals surface area (Å²) in [5.74, 6) is 1.35. The fourth-order valence-corrected chi connectivity index (χ4v) is 8.03. The third-order valence-electron chi connectivity index (χ3n) is 10.8. The Kier molecular flexibility index (Phi) is 7.17. The number of aliphatic imine (C=N–C) groups is 2. The highest BCUT2D eigenvalue weighted by Crippen LogP contribution is 2.39. The minimum atomic E-state index is -0.371. The highest BCUT2D eigenvalue weighted by molar-refractivity contribution is 6.22. The molecule has 1 aliphatic heterocycles. The topological polar surface area (TPSA) is 62.8 Å². The molecule has 11 rings (SSSR count). The van der Waals surface area contributed by atoms with Gasteiger partial charge in [0.25, 0.3) is 0 Å². The van der Waals surface area contributed by atoms with Crippen molar-refractivity contribution in [2.24, 2.45) is 9.98 Å². The van der Waals surface area contributed by atoms with Crippen molar-refractivity contribution in [3.05, 3.63) is 199 Å². The monoisotopic (exact) mass is 704 g/mol. The molecule has 3 heterocycles. The summed E-state index contributed by atoms with van der Waals surface area (Å²) in [6.45, 7) is 0. The third kappa shape index (κ3) is 5.36. The van der Waals surface area contributed by atoms with Crippen LogP contribution in [-0.2, 0) is 0 Å². The van der Waals surface area contributed by atoms with Crippen molar-refractivity contribution in [3.8, 4) is 22.3 Å². The van der Waals surface area contributed by atoms with Crippen molar-refractivity contribution < 1.29 is 4.42 Å². The maximum absolute atomic E-state index is 6.70. The van der Waals surface area contributed by atoms with Gasteiger partial charge in [0.1, 0.15) is 17.6 Å². The number of pyridine rings is 1. The van der Waals surface area contributed by atoms with Crippen LogP contribution in [0.25, 0.3) is 76.5 Å². The molecule has 0 aliphatic carbocycles. The summed E-state index contributed by atoms with van der Waals surface area (Å²) in [5, 5.41) is 13.0. The molecule has 55 heavy (non-hydrogen) atoms. The number of furan rings is 1. The molecule has 8 aromatic carbocycles. The number of nitrogens with zero attached hydrogens (tertiary/aromatic N) is 3. The van der Waals surface area contributed by atoms with Gasteiger partial charge in [-0.05, 0) is 66.7 Å². The van der Waals surface area contributed by atoms with Crippen LogP contribution < -0.4 is 5.32 Å². The predicted molar refractivity (Wildman–Crippen MR) is 227 cm³/mol. The predicted octanol–water partition coefficient (Wildman–Crippen LogP) is 12.3. The summed E-state index contributed by atoms with van der Waals surface area (Å²) < 4.78 is 6.70. The molecule has 1 unspecified atom stereocenters. The Labute approximate surface area is 317 Å². The van der Waals surface area contributed by atoms with E-state index in [0.29, 0.717) is 17.3 Å². The summed E-state index contributed by atoms with van der Waals surface area (Å²) in [7, 11) is 0. The molecule has 0 fully saturated rings. The molecular weight excluding hydrogens is 673 g/mol. The first-order valence-corrected chi connectivity index (χ1v) is 18.5. The van der Waals surface area contributed by atoms with Gasteiger partial charge in [-0.15, -0.1) is 0 Å². The Morgan fingerprint density at radius 1 is 0.473 bits per heavy atom. The summed E-state index contributed by atoms with van der Waals surface area (Å²) in [6, 6.07) is 59.8. The van der Waals surface area contributed by atoms with Crippen molar-refractivity contribution in [2.75, 3.05) is 0 Å². The largest absolute Gasteiger partial charge is 0.454 e. The zero-order valence-corrected chi connectivity index (χ0v) is 29.6. The van der Waals surface area contributed by atoms with E-state index in [-0.39, 0.29) is 6.17 Å². The van der Waals surface area contributed by atoms with Gasteiger partial charge in [-0.1, -0.05) is 158 Å². The van der Waals surface area contributed by atoms with Gasteiger partial charge < -0.3 is 9.73 Å². The zero-order chi connectivity index (χ0) is 36.3. The van der Waals surface area contributed by atoms with Crippen molar-refractivity contribution in [1.82, 2.24) is 10.3 Å². The molecule has 0 saturated heterocycles. The molecule has 1 N–H and O–H groups in total. The van der Waals surface area contributed by atoms with Crippen molar-refractivity contribution in [2.45, 2.75) is 6.17 Å². The van der Waals surface area contributed by atoms with Gasteiger partial charge >= 0.3 is 0 Å². The van der Waals surface area contributed by atoms with Crippen LogP contribution in [0.15, 0.2) is 197 Å². The lowest BCUT2D eigenvalue weighted by Crippen LogP contribution is -2.33. The average Bonchev–Trinajstić information content (AvgIpc) is 3.66. The van der Waals surface area contributed by atoms with Gasteiger partial charge in [-0.25, -0.2) is 9.98 Å². The summed E-state index contributed by atoms with van der Waals surface area (Å²) in [5.41, 5.74) is 8.83. The van der Waals surface area contributed by atoms with E-state index in [1.54, 1.807) is 6.20 Å². The summed E-state index contributed by atoms with van der Waals surface area (Å²) in [4.78, 5) is 15.0. The lowest BCUT2D eigenvalue weighted by atomic mass is 9.96. The van der Waals surface area contributed by atoms with Gasteiger partial charge in [0.05, 0.1) is 6.20 Å². The fraction of sp³-hybridized carbons (Fsp3) is 0.0200. The highest BCUT2D eigenvalue weighted by atomic mass is 16.3. The first kappa shape index (κ1) is 31.2. The van der Waals surface area contributed by atoms with Crippen LogP contribution in [0, 0.1) is 0 Å². The Hall–Kier alpha value is -7.37. The molecule has 0 saturated carbocycles. The quantitative estimate of drug-likeness (QED) is 0.181. The summed E-state index contributed by atoms with van der Waals surface area (Å²) >= 11 is 0. The number of aromatic nitrogens is 1. The Bertz CT molecular complexity index is 3180. The van der Waals surface area contributed by atoms with Crippen LogP contribution >= 0.6 is 0 Å². The van der Waals surface area contributed by atoms with Crippen molar-refractivity contribution in [1.29, 1.82) is 0 Å². The zero-order valence-electron chi connectivity index (χ0n) is 29.6. The van der Waals surface area contributed by atoms with E-state index in [4.69, 9.17) is 14.4 Å². The number of hydrogen-bond acceptors (Lipinski definition) is 5. The van der Waals surface area contributed by atoms with Crippen LogP contribution in [0.5, 0.6) is 0 Å². The molecule has 0 amide bonds. The van der Waals surface area contributed by atoms with Gasteiger partial charge in [0.2, 0.25) is 0 Å². The molecule has 258 valence electrons. The maximum atomic E-state index is 6.70.